The highest BCUT2D eigenvalue weighted by atomic mass is 32.2. The van der Waals surface area contributed by atoms with Gasteiger partial charge in [0, 0.05) is 0 Å². The average Bonchev–Trinajstić information content (AvgIpc) is 2.92. The lowest BCUT2D eigenvalue weighted by atomic mass is 10.1. The van der Waals surface area contributed by atoms with Crippen LogP contribution in [0.4, 0.5) is 39.5 Å². The van der Waals surface area contributed by atoms with Crippen molar-refractivity contribution in [1.82, 2.24) is 0 Å². The summed E-state index contributed by atoms with van der Waals surface area (Å²) in [4.78, 5) is 0. The number of halogens is 9. The van der Waals surface area contributed by atoms with Crippen molar-refractivity contribution in [3.8, 4) is 17.2 Å². The lowest BCUT2D eigenvalue weighted by molar-refractivity contribution is -0.382. The third-order valence-corrected chi connectivity index (χ3v) is 9.34. The summed E-state index contributed by atoms with van der Waals surface area (Å²) in [6.07, 6.45) is -7.13. The zero-order valence-corrected chi connectivity index (χ0v) is 30.9. The molecular formula is C34H40F9O6PS. The van der Waals surface area contributed by atoms with Crippen molar-refractivity contribution in [2.75, 3.05) is 0 Å². The minimum Gasteiger partial charge on any atom is -0.488 e. The van der Waals surface area contributed by atoms with Crippen LogP contribution in [-0.2, 0) is 10.1 Å². The lowest BCUT2D eigenvalue weighted by Crippen LogP contribution is -2.63. The van der Waals surface area contributed by atoms with E-state index in [1.807, 2.05) is 0 Å². The van der Waals surface area contributed by atoms with E-state index in [1.54, 1.807) is 0 Å². The van der Waals surface area contributed by atoms with E-state index in [0.717, 1.165) is 17.2 Å². The maximum atomic E-state index is 12.2. The van der Waals surface area contributed by atoms with E-state index in [2.05, 4.69) is 135 Å². The Labute approximate surface area is 292 Å². The van der Waals surface area contributed by atoms with Crippen LogP contribution in [0.15, 0.2) is 72.8 Å². The van der Waals surface area contributed by atoms with Crippen LogP contribution in [0.1, 0.15) is 62.3 Å². The van der Waals surface area contributed by atoms with Gasteiger partial charge in [-0.3, -0.25) is 4.55 Å². The van der Waals surface area contributed by atoms with Crippen LogP contribution in [0.3, 0.4) is 0 Å². The van der Waals surface area contributed by atoms with Crippen molar-refractivity contribution in [2.45, 2.75) is 102 Å². The first-order chi connectivity index (χ1) is 22.7. The minimum atomic E-state index is -7.37. The smallest absolute Gasteiger partial charge is 0.460 e. The maximum Gasteiger partial charge on any atom is 0.460 e. The van der Waals surface area contributed by atoms with Gasteiger partial charge in [0.25, 0.3) is 0 Å². The summed E-state index contributed by atoms with van der Waals surface area (Å²) in [6, 6.07) is 25.6. The molecule has 0 unspecified atom stereocenters. The van der Waals surface area contributed by atoms with E-state index in [4.69, 9.17) is 18.8 Å². The molecule has 0 aliphatic carbocycles. The van der Waals surface area contributed by atoms with Crippen LogP contribution in [0.2, 0.25) is 0 Å². The molecule has 0 bridgehead atoms. The molecule has 0 amide bonds. The van der Waals surface area contributed by atoms with Crippen molar-refractivity contribution in [3.05, 3.63) is 72.8 Å². The fourth-order valence-corrected chi connectivity index (χ4v) is 6.71. The molecule has 51 heavy (non-hydrogen) atoms. The van der Waals surface area contributed by atoms with E-state index in [-0.39, 0.29) is 16.8 Å². The molecule has 0 saturated carbocycles. The van der Waals surface area contributed by atoms with Crippen molar-refractivity contribution >= 4 is 34.0 Å². The molecule has 1 N–H and O–H groups in total. The fraction of sp³-hybridized carbons (Fsp3) is 0.471. The number of hydrogen-bond donors (Lipinski definition) is 1. The predicted molar refractivity (Wildman–Crippen MR) is 179 cm³/mol. The molecule has 0 aliphatic heterocycles. The van der Waals surface area contributed by atoms with Crippen molar-refractivity contribution < 1.29 is 66.7 Å². The molecule has 0 heterocycles. The zero-order valence-electron chi connectivity index (χ0n) is 29.2. The quantitative estimate of drug-likeness (QED) is 0.133. The Morgan fingerprint density at radius 2 is 0.706 bits per heavy atom. The zero-order chi connectivity index (χ0) is 39.6. The normalized spacial score (nSPS) is 13.7. The van der Waals surface area contributed by atoms with Gasteiger partial charge < -0.3 is 14.2 Å². The lowest BCUT2D eigenvalue weighted by Gasteiger charge is -2.31. The van der Waals surface area contributed by atoms with Gasteiger partial charge in [0.05, 0.1) is 0 Å². The van der Waals surface area contributed by atoms with Gasteiger partial charge in [0.15, 0.2) is 0 Å². The molecule has 6 nitrogen and oxygen atoms in total. The Morgan fingerprint density at radius 1 is 0.471 bits per heavy atom. The highest BCUT2D eigenvalue weighted by Crippen LogP contribution is 2.54. The van der Waals surface area contributed by atoms with Crippen LogP contribution in [0, 0.1) is 0 Å². The minimum absolute atomic E-state index is 0.224. The topological polar surface area (TPSA) is 82.1 Å². The second-order valence-electron chi connectivity index (χ2n) is 14.1. The largest absolute Gasteiger partial charge is 0.488 e. The summed E-state index contributed by atoms with van der Waals surface area (Å²) in [6.45, 7) is 18.6. The van der Waals surface area contributed by atoms with Crippen molar-refractivity contribution in [1.29, 1.82) is 0 Å². The highest BCUT2D eigenvalue weighted by molar-refractivity contribution is 7.87. The molecule has 3 aromatic carbocycles. The number of ether oxygens (including phenoxy) is 3. The fourth-order valence-electron chi connectivity index (χ4n) is 4.02. The first-order valence-corrected chi connectivity index (χ1v) is 17.8. The van der Waals surface area contributed by atoms with Crippen LogP contribution in [0.5, 0.6) is 17.2 Å². The molecule has 17 heteroatoms. The Morgan fingerprint density at radius 3 is 0.882 bits per heavy atom. The van der Waals surface area contributed by atoms with Crippen LogP contribution < -0.4 is 30.1 Å². The number of rotatable bonds is 9. The summed E-state index contributed by atoms with van der Waals surface area (Å²) < 4.78 is 152. The molecule has 0 spiro atoms. The van der Waals surface area contributed by atoms with Gasteiger partial charge in [-0.1, -0.05) is 36.4 Å². The molecule has 0 radical (unpaired) electrons. The average molecular weight is 779 g/mol. The summed E-state index contributed by atoms with van der Waals surface area (Å²) in [5.41, 5.74) is -0.673. The van der Waals surface area contributed by atoms with Gasteiger partial charge in [0.2, 0.25) is 0 Å². The Kier molecular flexibility index (Phi) is 12.9. The molecule has 3 aromatic rings. The first kappa shape index (κ1) is 43.9. The maximum absolute atomic E-state index is 12.2. The molecule has 0 aliphatic rings. The summed E-state index contributed by atoms with van der Waals surface area (Å²) in [5, 5.41) is -3.19. The van der Waals surface area contributed by atoms with Crippen LogP contribution >= 0.6 is 7.92 Å². The number of benzene rings is 3. The van der Waals surface area contributed by atoms with Crippen molar-refractivity contribution in [3.63, 3.8) is 0 Å². The van der Waals surface area contributed by atoms with Crippen molar-refractivity contribution in [2.24, 2.45) is 0 Å². The van der Waals surface area contributed by atoms with Gasteiger partial charge >= 0.3 is 33.4 Å². The Bertz CT molecular complexity index is 1550. The Hall–Kier alpha value is -3.23. The van der Waals surface area contributed by atoms with Gasteiger partial charge in [-0.25, -0.2) is 0 Å². The summed E-state index contributed by atoms with van der Waals surface area (Å²) in [5.74, 6) is -12.1. The standard InChI is InChI=1S/C30H39O3P.C4HF9O3S/c1-28(2,3)31-22-10-16-25(17-11-22)34(26-18-12-23(13-19-26)32-29(4,5)6)27-20-14-24(15-21-27)33-30(7,8)9;5-1(6,3(9,10)11)2(7,8)4(12,13)17(14,15)16/h10-21H,1-9H3;(H,14,15,16). The molecule has 0 aromatic heterocycles. The summed E-state index contributed by atoms with van der Waals surface area (Å²) in [7, 11) is -7.92. The second kappa shape index (κ2) is 15.0. The highest BCUT2D eigenvalue weighted by Gasteiger charge is 2.85. The predicted octanol–water partition coefficient (Wildman–Crippen LogP) is 9.28. The van der Waals surface area contributed by atoms with Crippen LogP contribution in [0.25, 0.3) is 0 Å². The second-order valence-corrected chi connectivity index (χ2v) is 17.8. The van der Waals surface area contributed by atoms with E-state index >= 15 is 0 Å². The van der Waals surface area contributed by atoms with Gasteiger partial charge in [-0.2, -0.15) is 47.9 Å². The number of hydrogen-bond acceptors (Lipinski definition) is 5. The van der Waals surface area contributed by atoms with E-state index in [0.29, 0.717) is 0 Å². The van der Waals surface area contributed by atoms with E-state index in [1.165, 1.54) is 15.9 Å². The molecule has 0 fully saturated rings. The summed E-state index contributed by atoms with van der Waals surface area (Å²) >= 11 is 0. The molecule has 286 valence electrons. The SMILES string of the molecule is CC(C)(C)Oc1ccc(P(c2ccc(OC(C)(C)C)cc2)c2ccc(OC(C)(C)C)cc2)cc1.O=S(=O)(O)C(F)(F)C(F)(F)C(F)(F)C(F)(F)F. The molecule has 0 atom stereocenters. The van der Waals surface area contributed by atoms with Gasteiger partial charge in [-0.05, 0) is 123 Å². The third-order valence-electron chi connectivity index (χ3n) is 6.00. The first-order valence-electron chi connectivity index (χ1n) is 15.0. The van der Waals surface area contributed by atoms with Gasteiger partial charge in [0.1, 0.15) is 34.1 Å². The molecular weight excluding hydrogens is 738 g/mol. The van der Waals surface area contributed by atoms with Gasteiger partial charge in [-0.15, -0.1) is 0 Å². The monoisotopic (exact) mass is 778 g/mol. The van der Waals surface area contributed by atoms with E-state index in [9.17, 15) is 47.9 Å². The number of alkyl halides is 9. The van der Waals surface area contributed by atoms with Crippen LogP contribution in [-0.4, -0.2) is 53.0 Å². The Balaban J connectivity index is 0.000000449. The molecule has 0 saturated heterocycles. The molecule has 3 rings (SSSR count). The third kappa shape index (κ3) is 11.6. The van der Waals surface area contributed by atoms with E-state index < -0.39 is 41.3 Å².